The average molecular weight is 697 g/mol. The molecule has 4 rings (SSSR count). The summed E-state index contributed by atoms with van der Waals surface area (Å²) < 4.78 is 18.4. The van der Waals surface area contributed by atoms with Crippen LogP contribution in [0.5, 0.6) is 11.5 Å². The second-order valence-electron chi connectivity index (χ2n) is 16.0. The van der Waals surface area contributed by atoms with Crippen LogP contribution < -0.4 is 24.4 Å². The molecule has 0 saturated carbocycles. The van der Waals surface area contributed by atoms with E-state index < -0.39 is 40.8 Å². The number of benzene rings is 2. The molecule has 10 nitrogen and oxygen atoms in total. The smallest absolute Gasteiger partial charge is 0.255 e. The second-order valence-corrected chi connectivity index (χ2v) is 25.5. The van der Waals surface area contributed by atoms with Crippen LogP contribution in [-0.4, -0.2) is 90.7 Å². The van der Waals surface area contributed by atoms with Gasteiger partial charge in [-0.2, -0.15) is 0 Å². The van der Waals surface area contributed by atoms with Crippen molar-refractivity contribution in [3.63, 3.8) is 0 Å². The molecule has 2 heterocycles. The van der Waals surface area contributed by atoms with Gasteiger partial charge in [-0.3, -0.25) is 14.4 Å². The third-order valence-electron chi connectivity index (χ3n) is 10.4. The summed E-state index contributed by atoms with van der Waals surface area (Å²) in [5.41, 5.74) is 1.97. The lowest BCUT2D eigenvalue weighted by Crippen LogP contribution is -2.51. The van der Waals surface area contributed by atoms with E-state index in [2.05, 4.69) is 95.4 Å². The highest BCUT2D eigenvalue weighted by Gasteiger charge is 2.52. The minimum absolute atomic E-state index is 0.0759. The summed E-state index contributed by atoms with van der Waals surface area (Å²) in [6.45, 7) is 24.5. The second kappa shape index (κ2) is 14.2. The largest absolute Gasteiger partial charge is 0.544 e. The van der Waals surface area contributed by atoms with Crippen LogP contribution >= 0.6 is 0 Å². The van der Waals surface area contributed by atoms with Gasteiger partial charge in [0.1, 0.15) is 17.5 Å². The van der Waals surface area contributed by atoms with Gasteiger partial charge in [-0.05, 0) is 78.2 Å². The van der Waals surface area contributed by atoms with E-state index in [0.29, 0.717) is 32.6 Å². The molecular weight excluding hydrogens is 641 g/mol. The van der Waals surface area contributed by atoms with Gasteiger partial charge in [0.15, 0.2) is 12.2 Å². The van der Waals surface area contributed by atoms with Crippen LogP contribution in [0.15, 0.2) is 48.5 Å². The average Bonchev–Trinajstić information content (AvgIpc) is 3.81. The molecule has 2 fully saturated rings. The zero-order valence-corrected chi connectivity index (χ0v) is 32.7. The van der Waals surface area contributed by atoms with Crippen LogP contribution in [-0.2, 0) is 25.5 Å². The molecule has 264 valence electrons. The summed E-state index contributed by atoms with van der Waals surface area (Å²) in [6.07, 6.45) is -1.44. The highest BCUT2D eigenvalue weighted by molar-refractivity contribution is 6.75. The van der Waals surface area contributed by atoms with E-state index in [9.17, 15) is 14.4 Å². The number of amides is 3. The van der Waals surface area contributed by atoms with Gasteiger partial charge in [0.2, 0.25) is 22.5 Å². The molecule has 2 saturated heterocycles. The maximum Gasteiger partial charge on any atom is 0.255 e. The highest BCUT2D eigenvalue weighted by Crippen LogP contribution is 2.38. The normalized spacial score (nSPS) is 19.3. The Bertz CT molecular complexity index is 1440. The summed E-state index contributed by atoms with van der Waals surface area (Å²) in [7, 11) is -2.36. The topological polar surface area (TPSA) is 113 Å². The van der Waals surface area contributed by atoms with Gasteiger partial charge in [0.25, 0.3) is 11.8 Å². The fourth-order valence-corrected chi connectivity index (χ4v) is 7.11. The Kier molecular flexibility index (Phi) is 11.1. The number of nitrogens with one attached hydrogen (secondary N) is 2. The van der Waals surface area contributed by atoms with Crippen LogP contribution in [0.3, 0.4) is 0 Å². The van der Waals surface area contributed by atoms with Crippen LogP contribution in [0.2, 0.25) is 36.3 Å². The SMILES string of the molecule is CNC(=O)C(Cc1ccc(O[Si](C)(C)C(C)(C)C)cc1)NC(=O)[C@@H]1O[C@@H]1C(=O)N1CCN(c2ccc(O[Si](C)(C)C(C)(C)C)cc2)CC1. The van der Waals surface area contributed by atoms with E-state index in [1.807, 2.05) is 36.4 Å². The monoisotopic (exact) mass is 696 g/mol. The van der Waals surface area contributed by atoms with Gasteiger partial charge in [0, 0.05) is 45.3 Å². The Balaban J connectivity index is 1.27. The molecule has 2 aromatic carbocycles. The number of carbonyl (C=O) groups is 3. The Labute approximate surface area is 289 Å². The van der Waals surface area contributed by atoms with Crippen molar-refractivity contribution in [1.82, 2.24) is 15.5 Å². The maximum atomic E-state index is 13.2. The molecule has 3 atom stereocenters. The number of likely N-dealkylation sites (N-methyl/N-ethyl adjacent to an activating group) is 1. The molecule has 2 aliphatic heterocycles. The fourth-order valence-electron chi connectivity index (χ4n) is 5.05. The number of carbonyl (C=O) groups excluding carboxylic acids is 3. The first-order chi connectivity index (χ1) is 22.2. The number of ether oxygens (including phenoxy) is 1. The van der Waals surface area contributed by atoms with Gasteiger partial charge >= 0.3 is 0 Å². The first-order valence-corrected chi connectivity index (χ1v) is 22.8. The van der Waals surface area contributed by atoms with Crippen molar-refractivity contribution in [3.05, 3.63) is 54.1 Å². The molecule has 12 heteroatoms. The van der Waals surface area contributed by atoms with Crippen molar-refractivity contribution in [2.45, 2.75) is 102 Å². The first kappa shape index (κ1) is 37.5. The molecule has 0 bridgehead atoms. The number of nitrogens with zero attached hydrogens (tertiary/aromatic N) is 2. The maximum absolute atomic E-state index is 13.2. The van der Waals surface area contributed by atoms with E-state index in [1.165, 1.54) is 7.05 Å². The Morgan fingerprint density at radius 2 is 1.27 bits per heavy atom. The van der Waals surface area contributed by atoms with Crippen LogP contribution in [0.4, 0.5) is 5.69 Å². The summed E-state index contributed by atoms with van der Waals surface area (Å²) in [4.78, 5) is 43.1. The lowest BCUT2D eigenvalue weighted by atomic mass is 10.0. The van der Waals surface area contributed by atoms with Crippen molar-refractivity contribution in [3.8, 4) is 11.5 Å². The molecule has 2 aliphatic rings. The number of anilines is 1. The van der Waals surface area contributed by atoms with E-state index in [-0.39, 0.29) is 21.9 Å². The van der Waals surface area contributed by atoms with Crippen molar-refractivity contribution in [2.75, 3.05) is 38.1 Å². The van der Waals surface area contributed by atoms with Gasteiger partial charge in [0.05, 0.1) is 0 Å². The minimum Gasteiger partial charge on any atom is -0.544 e. The summed E-state index contributed by atoms with van der Waals surface area (Å²) in [6, 6.07) is 15.1. The van der Waals surface area contributed by atoms with E-state index >= 15 is 0 Å². The highest BCUT2D eigenvalue weighted by atomic mass is 28.4. The predicted molar refractivity (Wildman–Crippen MR) is 196 cm³/mol. The van der Waals surface area contributed by atoms with Crippen LogP contribution in [0.1, 0.15) is 47.1 Å². The van der Waals surface area contributed by atoms with Crippen molar-refractivity contribution in [1.29, 1.82) is 0 Å². The quantitative estimate of drug-likeness (QED) is 0.241. The molecule has 2 N–H and O–H groups in total. The van der Waals surface area contributed by atoms with E-state index in [4.69, 9.17) is 13.6 Å². The molecule has 0 aromatic heterocycles. The standard InChI is InChI=1S/C36H56N4O6Si2/c1-35(2,3)47(8,9)45-27-16-12-25(13-17-27)24-29(32(41)37-7)38-33(42)30-31(44-30)34(43)40-22-20-39(21-23-40)26-14-18-28(19-15-26)46-48(10,11)36(4,5)6/h12-19,29-31H,20-24H2,1-11H3,(H,37,41)(H,38,42)/t29?,30-,31+/m1/s1. The number of hydrogen-bond acceptors (Lipinski definition) is 7. The van der Waals surface area contributed by atoms with Crippen LogP contribution in [0, 0.1) is 0 Å². The minimum atomic E-state index is -1.98. The zero-order chi connectivity index (χ0) is 35.7. The summed E-state index contributed by atoms with van der Waals surface area (Å²) >= 11 is 0. The predicted octanol–water partition coefficient (Wildman–Crippen LogP) is 5.34. The van der Waals surface area contributed by atoms with Crippen molar-refractivity contribution in [2.24, 2.45) is 0 Å². The van der Waals surface area contributed by atoms with Crippen molar-refractivity contribution >= 4 is 40.0 Å². The van der Waals surface area contributed by atoms with Crippen molar-refractivity contribution < 1.29 is 28.0 Å². The number of epoxide rings is 1. The zero-order valence-electron chi connectivity index (χ0n) is 30.7. The third kappa shape index (κ3) is 9.00. The fraction of sp³-hybridized carbons (Fsp3) is 0.583. The molecular formula is C36H56N4O6Si2. The summed E-state index contributed by atoms with van der Waals surface area (Å²) in [5, 5.41) is 5.64. The van der Waals surface area contributed by atoms with E-state index in [0.717, 1.165) is 22.7 Å². The lowest BCUT2D eigenvalue weighted by Gasteiger charge is -2.37. The first-order valence-electron chi connectivity index (χ1n) is 17.0. The number of piperazine rings is 1. The molecule has 2 aromatic rings. The molecule has 0 radical (unpaired) electrons. The lowest BCUT2D eigenvalue weighted by molar-refractivity contribution is -0.133. The van der Waals surface area contributed by atoms with Gasteiger partial charge in [-0.15, -0.1) is 0 Å². The number of rotatable bonds is 11. The third-order valence-corrected chi connectivity index (χ3v) is 19.1. The molecule has 0 aliphatic carbocycles. The molecule has 3 amide bonds. The molecule has 0 spiro atoms. The summed E-state index contributed by atoms with van der Waals surface area (Å²) in [5.74, 6) is 0.714. The Hall–Kier alpha value is -3.36. The van der Waals surface area contributed by atoms with Gasteiger partial charge < -0.3 is 34.0 Å². The number of hydrogen-bond donors (Lipinski definition) is 2. The van der Waals surface area contributed by atoms with Crippen LogP contribution in [0.25, 0.3) is 0 Å². The van der Waals surface area contributed by atoms with Gasteiger partial charge in [-0.25, -0.2) is 0 Å². The van der Waals surface area contributed by atoms with E-state index in [1.54, 1.807) is 4.90 Å². The molecule has 48 heavy (non-hydrogen) atoms. The Morgan fingerprint density at radius 1 is 0.792 bits per heavy atom. The van der Waals surface area contributed by atoms with Gasteiger partial charge in [-0.1, -0.05) is 53.7 Å². The molecule has 1 unspecified atom stereocenters. The Morgan fingerprint density at radius 3 is 1.73 bits per heavy atom.